The number of benzene rings is 1. The molecule has 0 saturated heterocycles. The molecule has 0 bridgehead atoms. The summed E-state index contributed by atoms with van der Waals surface area (Å²) < 4.78 is 6.88. The number of carbonyl (C=O) groups excluding carboxylic acids is 1. The molecule has 2 rings (SSSR count). The van der Waals surface area contributed by atoms with Crippen LogP contribution in [-0.2, 0) is 23.2 Å². The van der Waals surface area contributed by atoms with Gasteiger partial charge in [0.15, 0.2) is 4.60 Å². The maximum Gasteiger partial charge on any atom is 0.408 e. The summed E-state index contributed by atoms with van der Waals surface area (Å²) in [7, 11) is 1.61. The lowest BCUT2D eigenvalue weighted by molar-refractivity contribution is -0.137. The van der Waals surface area contributed by atoms with Crippen molar-refractivity contribution >= 4 is 28.0 Å². The lowest BCUT2D eigenvalue weighted by Crippen LogP contribution is -2.32. The van der Waals surface area contributed by atoms with Gasteiger partial charge in [0.1, 0.15) is 6.61 Å². The smallest absolute Gasteiger partial charge is 0.408 e. The average Bonchev–Trinajstić information content (AvgIpc) is 2.84. The van der Waals surface area contributed by atoms with Crippen molar-refractivity contribution in [3.8, 4) is 0 Å². The minimum atomic E-state index is -1.06. The van der Waals surface area contributed by atoms with Crippen LogP contribution in [0.5, 0.6) is 0 Å². The normalized spacial score (nSPS) is 11.7. The largest absolute Gasteiger partial charge is 0.481 e. The number of carboxylic acids is 1. The van der Waals surface area contributed by atoms with Crippen LogP contribution in [-0.4, -0.2) is 32.2 Å². The maximum atomic E-state index is 11.9. The Morgan fingerprint density at radius 1 is 1.39 bits per heavy atom. The first-order valence-electron chi connectivity index (χ1n) is 6.71. The molecule has 0 radical (unpaired) electrons. The highest BCUT2D eigenvalue weighted by Gasteiger charge is 2.25. The molecule has 122 valence electrons. The second kappa shape index (κ2) is 7.73. The summed E-state index contributed by atoms with van der Waals surface area (Å²) >= 11 is 3.19. The van der Waals surface area contributed by atoms with Gasteiger partial charge < -0.3 is 15.2 Å². The number of aromatic nitrogens is 3. The quantitative estimate of drug-likeness (QED) is 0.791. The topological polar surface area (TPSA) is 106 Å². The average molecular weight is 383 g/mol. The standard InChI is InChI=1S/C14H15BrN4O4/c1-19-12(13(15)17-18-19)10(7-11(20)21)16-14(22)23-8-9-5-3-2-4-6-9/h2-6,10H,7-8H2,1H3,(H,16,22)(H,20,21). The van der Waals surface area contributed by atoms with E-state index < -0.39 is 18.1 Å². The van der Waals surface area contributed by atoms with Gasteiger partial charge in [-0.1, -0.05) is 35.5 Å². The second-order valence-electron chi connectivity index (χ2n) is 4.75. The van der Waals surface area contributed by atoms with Crippen LogP contribution in [0.4, 0.5) is 4.79 Å². The molecule has 0 aliphatic heterocycles. The van der Waals surface area contributed by atoms with Gasteiger partial charge in [-0.3, -0.25) is 4.79 Å². The summed E-state index contributed by atoms with van der Waals surface area (Å²) in [5.41, 5.74) is 1.28. The van der Waals surface area contributed by atoms with E-state index in [-0.39, 0.29) is 13.0 Å². The van der Waals surface area contributed by atoms with Gasteiger partial charge in [-0.2, -0.15) is 0 Å². The number of hydrogen-bond donors (Lipinski definition) is 2. The van der Waals surface area contributed by atoms with E-state index in [9.17, 15) is 9.59 Å². The first-order chi connectivity index (χ1) is 11.0. The van der Waals surface area contributed by atoms with E-state index >= 15 is 0 Å². The molecule has 1 heterocycles. The first-order valence-corrected chi connectivity index (χ1v) is 7.50. The monoisotopic (exact) mass is 382 g/mol. The van der Waals surface area contributed by atoms with E-state index in [4.69, 9.17) is 9.84 Å². The highest BCUT2D eigenvalue weighted by atomic mass is 79.9. The van der Waals surface area contributed by atoms with E-state index in [1.54, 1.807) is 7.05 Å². The molecule has 1 unspecified atom stereocenters. The van der Waals surface area contributed by atoms with Crippen molar-refractivity contribution < 1.29 is 19.4 Å². The number of alkyl carbamates (subject to hydrolysis) is 1. The summed E-state index contributed by atoms with van der Waals surface area (Å²) in [5.74, 6) is -1.06. The molecular weight excluding hydrogens is 368 g/mol. The zero-order chi connectivity index (χ0) is 16.8. The summed E-state index contributed by atoms with van der Waals surface area (Å²) in [6, 6.07) is 8.36. The van der Waals surface area contributed by atoms with Gasteiger partial charge in [-0.05, 0) is 21.5 Å². The number of nitrogens with one attached hydrogen (secondary N) is 1. The van der Waals surface area contributed by atoms with Gasteiger partial charge in [0.05, 0.1) is 18.2 Å². The molecule has 2 aromatic rings. The summed E-state index contributed by atoms with van der Waals surface area (Å²) in [6.45, 7) is 0.0945. The second-order valence-corrected chi connectivity index (χ2v) is 5.50. The molecule has 0 saturated carbocycles. The molecule has 0 aliphatic carbocycles. The van der Waals surface area contributed by atoms with E-state index in [0.717, 1.165) is 5.56 Å². The van der Waals surface area contributed by atoms with Crippen molar-refractivity contribution in [1.82, 2.24) is 20.3 Å². The van der Waals surface area contributed by atoms with Gasteiger partial charge in [0, 0.05) is 7.05 Å². The maximum absolute atomic E-state index is 11.9. The van der Waals surface area contributed by atoms with Crippen LogP contribution >= 0.6 is 15.9 Å². The molecule has 1 aromatic carbocycles. The third-order valence-corrected chi connectivity index (χ3v) is 3.61. The third kappa shape index (κ3) is 4.78. The Balaban J connectivity index is 2.03. The van der Waals surface area contributed by atoms with Gasteiger partial charge in [0.2, 0.25) is 0 Å². The number of carbonyl (C=O) groups is 2. The van der Waals surface area contributed by atoms with Crippen LogP contribution in [0.15, 0.2) is 34.9 Å². The molecule has 0 aliphatic rings. The predicted octanol–water partition coefficient (Wildman–Crippen LogP) is 2.02. The van der Waals surface area contributed by atoms with Crippen LogP contribution in [0.25, 0.3) is 0 Å². The molecule has 1 atom stereocenters. The molecule has 0 spiro atoms. The Bertz CT molecular complexity index is 670. The highest BCUT2D eigenvalue weighted by Crippen LogP contribution is 2.23. The van der Waals surface area contributed by atoms with Crippen molar-refractivity contribution in [3.05, 3.63) is 46.2 Å². The third-order valence-electron chi connectivity index (χ3n) is 3.04. The minimum Gasteiger partial charge on any atom is -0.481 e. The summed E-state index contributed by atoms with van der Waals surface area (Å²) in [4.78, 5) is 23.0. The van der Waals surface area contributed by atoms with Gasteiger partial charge >= 0.3 is 12.1 Å². The van der Waals surface area contributed by atoms with E-state index in [0.29, 0.717) is 10.3 Å². The number of rotatable bonds is 6. The fourth-order valence-corrected chi connectivity index (χ4v) is 2.61. The Morgan fingerprint density at radius 3 is 2.65 bits per heavy atom. The van der Waals surface area contributed by atoms with E-state index in [1.165, 1.54) is 4.68 Å². The number of ether oxygens (including phenoxy) is 1. The van der Waals surface area contributed by atoms with Crippen molar-refractivity contribution in [2.24, 2.45) is 7.05 Å². The number of nitrogens with zero attached hydrogens (tertiary/aromatic N) is 3. The number of aliphatic carboxylic acids is 1. The molecule has 1 amide bonds. The number of halogens is 1. The van der Waals surface area contributed by atoms with Crippen LogP contribution in [0.2, 0.25) is 0 Å². The van der Waals surface area contributed by atoms with Crippen molar-refractivity contribution in [3.63, 3.8) is 0 Å². The van der Waals surface area contributed by atoms with Crippen LogP contribution < -0.4 is 5.32 Å². The fraction of sp³-hybridized carbons (Fsp3) is 0.286. The number of amides is 1. The lowest BCUT2D eigenvalue weighted by atomic mass is 10.1. The summed E-state index contributed by atoms with van der Waals surface area (Å²) in [5, 5.41) is 19.1. The molecule has 8 nitrogen and oxygen atoms in total. The first kappa shape index (κ1) is 16.9. The lowest BCUT2D eigenvalue weighted by Gasteiger charge is -2.17. The Kier molecular flexibility index (Phi) is 5.69. The minimum absolute atomic E-state index is 0.0945. The number of carboxylic acid groups (broad SMARTS) is 1. The van der Waals surface area contributed by atoms with Crippen molar-refractivity contribution in [2.75, 3.05) is 0 Å². The Morgan fingerprint density at radius 2 is 2.09 bits per heavy atom. The Hall–Kier alpha value is -2.42. The van der Waals surface area contributed by atoms with Gasteiger partial charge in [0.25, 0.3) is 0 Å². The zero-order valence-corrected chi connectivity index (χ0v) is 13.9. The van der Waals surface area contributed by atoms with Crippen molar-refractivity contribution in [1.29, 1.82) is 0 Å². The highest BCUT2D eigenvalue weighted by molar-refractivity contribution is 9.10. The molecule has 2 N–H and O–H groups in total. The molecular formula is C14H15BrN4O4. The fourth-order valence-electron chi connectivity index (χ4n) is 2.01. The Labute approximate surface area is 140 Å². The van der Waals surface area contributed by atoms with Crippen LogP contribution in [0.1, 0.15) is 23.7 Å². The summed E-state index contributed by atoms with van der Waals surface area (Å²) in [6.07, 6.45) is -1.03. The van der Waals surface area contributed by atoms with Crippen LogP contribution in [0, 0.1) is 0 Å². The molecule has 0 fully saturated rings. The van der Waals surface area contributed by atoms with Crippen molar-refractivity contribution in [2.45, 2.75) is 19.1 Å². The van der Waals surface area contributed by atoms with E-state index in [2.05, 4.69) is 31.6 Å². The van der Waals surface area contributed by atoms with Gasteiger partial charge in [-0.25, -0.2) is 9.48 Å². The van der Waals surface area contributed by atoms with Gasteiger partial charge in [-0.15, -0.1) is 5.10 Å². The number of hydrogen-bond acceptors (Lipinski definition) is 5. The molecule has 1 aromatic heterocycles. The van der Waals surface area contributed by atoms with Crippen LogP contribution in [0.3, 0.4) is 0 Å². The van der Waals surface area contributed by atoms with E-state index in [1.807, 2.05) is 30.3 Å². The molecule has 9 heteroatoms. The number of aryl methyl sites for hydroxylation is 1. The zero-order valence-electron chi connectivity index (χ0n) is 12.3. The SMILES string of the molecule is Cn1nnc(Br)c1C(CC(=O)O)NC(=O)OCc1ccccc1. The predicted molar refractivity (Wildman–Crippen MR) is 83.5 cm³/mol. The molecule has 23 heavy (non-hydrogen) atoms.